The zero-order valence-corrected chi connectivity index (χ0v) is 21.0. The summed E-state index contributed by atoms with van der Waals surface area (Å²) in [6.45, 7) is 0.685. The van der Waals surface area contributed by atoms with E-state index in [0.29, 0.717) is 18.0 Å². The molecule has 2 aromatic heterocycles. The number of rotatable bonds is 4. The van der Waals surface area contributed by atoms with Crippen molar-refractivity contribution in [3.63, 3.8) is 0 Å². The summed E-state index contributed by atoms with van der Waals surface area (Å²) >= 11 is 0. The largest absolute Gasteiger partial charge is 0.339 e. The Morgan fingerprint density at radius 1 is 1.08 bits per heavy atom. The Morgan fingerprint density at radius 2 is 1.89 bits per heavy atom. The lowest BCUT2D eigenvalue weighted by atomic mass is 9.81. The van der Waals surface area contributed by atoms with Gasteiger partial charge in [-0.3, -0.25) is 4.79 Å². The molecule has 2 aliphatic rings. The minimum absolute atomic E-state index is 0.183. The molecule has 0 atom stereocenters. The topological polar surface area (TPSA) is 86.0 Å². The van der Waals surface area contributed by atoms with E-state index in [1.807, 2.05) is 12.1 Å². The number of hydrogen-bond donors (Lipinski definition) is 1. The highest BCUT2D eigenvalue weighted by atomic mass is 32.2. The highest BCUT2D eigenvalue weighted by molar-refractivity contribution is 7.90. The van der Waals surface area contributed by atoms with Crippen LogP contribution in [0, 0.1) is 0 Å². The monoisotopic (exact) mass is 500 g/mol. The maximum atomic E-state index is 13.1. The Morgan fingerprint density at radius 3 is 2.67 bits per heavy atom. The van der Waals surface area contributed by atoms with Crippen LogP contribution in [0.5, 0.6) is 0 Å². The van der Waals surface area contributed by atoms with Crippen LogP contribution in [-0.4, -0.2) is 28.4 Å². The van der Waals surface area contributed by atoms with Crippen LogP contribution in [0.1, 0.15) is 59.5 Å². The average molecular weight is 501 g/mol. The zero-order valence-electron chi connectivity index (χ0n) is 20.1. The van der Waals surface area contributed by atoms with E-state index in [2.05, 4.69) is 50.7 Å². The van der Waals surface area contributed by atoms with Gasteiger partial charge in [0.05, 0.1) is 12.0 Å². The molecule has 0 radical (unpaired) electrons. The highest BCUT2D eigenvalue weighted by Gasteiger charge is 2.29. The number of sulfonamides is 1. The van der Waals surface area contributed by atoms with Gasteiger partial charge in [0.2, 0.25) is 0 Å². The van der Waals surface area contributed by atoms with Crippen molar-refractivity contribution in [1.82, 2.24) is 18.8 Å². The first kappa shape index (κ1) is 22.8. The lowest BCUT2D eigenvalue weighted by Gasteiger charge is -2.23. The van der Waals surface area contributed by atoms with Crippen molar-refractivity contribution in [3.8, 4) is 11.3 Å². The SMILES string of the molecule is Cn1cnc(S(=O)(=O)NC(=O)c2ccc3c(C4CCCCC4)c4n(c3c2)CC=Cc2ccccc2-4)c1. The molecule has 6 rings (SSSR count). The molecule has 0 bridgehead atoms. The number of nitrogens with one attached hydrogen (secondary N) is 1. The molecule has 2 aromatic carbocycles. The van der Waals surface area contributed by atoms with Gasteiger partial charge in [-0.25, -0.2) is 9.71 Å². The number of imidazole rings is 1. The molecule has 1 saturated carbocycles. The lowest BCUT2D eigenvalue weighted by Crippen LogP contribution is -2.30. The van der Waals surface area contributed by atoms with Crippen molar-refractivity contribution in [2.24, 2.45) is 7.05 Å². The molecule has 7 nitrogen and oxygen atoms in total. The van der Waals surface area contributed by atoms with Gasteiger partial charge in [-0.15, -0.1) is 0 Å². The molecule has 1 fully saturated rings. The summed E-state index contributed by atoms with van der Waals surface area (Å²) in [6, 6.07) is 14.0. The molecule has 184 valence electrons. The Kier molecular flexibility index (Phi) is 5.56. The lowest BCUT2D eigenvalue weighted by molar-refractivity contribution is 0.0981. The van der Waals surface area contributed by atoms with Gasteiger partial charge in [0.25, 0.3) is 15.9 Å². The Labute approximate surface area is 210 Å². The first-order chi connectivity index (χ1) is 17.4. The maximum Gasteiger partial charge on any atom is 0.283 e. The normalized spacial score (nSPS) is 15.9. The number of nitrogens with zero attached hydrogens (tertiary/aromatic N) is 3. The van der Waals surface area contributed by atoms with Gasteiger partial charge in [-0.05, 0) is 42.0 Å². The van der Waals surface area contributed by atoms with E-state index in [1.54, 1.807) is 13.1 Å². The number of aryl methyl sites for hydroxylation is 1. The summed E-state index contributed by atoms with van der Waals surface area (Å²) in [7, 11) is -2.39. The first-order valence-electron chi connectivity index (χ1n) is 12.4. The predicted molar refractivity (Wildman–Crippen MR) is 140 cm³/mol. The number of benzene rings is 2. The second-order valence-electron chi connectivity index (χ2n) is 9.74. The molecule has 1 N–H and O–H groups in total. The molecule has 1 aliphatic heterocycles. The molecule has 1 amide bonds. The van der Waals surface area contributed by atoms with E-state index in [0.717, 1.165) is 23.7 Å². The van der Waals surface area contributed by atoms with Crippen LogP contribution in [-0.2, 0) is 23.6 Å². The van der Waals surface area contributed by atoms with Crippen molar-refractivity contribution < 1.29 is 13.2 Å². The zero-order chi connectivity index (χ0) is 24.9. The van der Waals surface area contributed by atoms with Gasteiger partial charge in [-0.2, -0.15) is 8.42 Å². The minimum Gasteiger partial charge on any atom is -0.339 e. The Hall–Kier alpha value is -3.65. The Balaban J connectivity index is 1.48. The fraction of sp³-hybridized carbons (Fsp3) is 0.286. The molecular formula is C28H28N4O3S. The second-order valence-corrected chi connectivity index (χ2v) is 11.4. The summed E-state index contributed by atoms with van der Waals surface area (Å²) in [4.78, 5) is 17.0. The van der Waals surface area contributed by atoms with Crippen LogP contribution < -0.4 is 4.72 Å². The number of carbonyl (C=O) groups excluding carboxylic acids is 1. The van der Waals surface area contributed by atoms with Crippen LogP contribution in [0.4, 0.5) is 0 Å². The highest BCUT2D eigenvalue weighted by Crippen LogP contribution is 2.45. The number of allylic oxidation sites excluding steroid dienone is 1. The van der Waals surface area contributed by atoms with Gasteiger partial charge in [0.1, 0.15) is 0 Å². The molecule has 36 heavy (non-hydrogen) atoms. The van der Waals surface area contributed by atoms with E-state index in [1.165, 1.54) is 58.7 Å². The van der Waals surface area contributed by atoms with Gasteiger partial charge in [0.15, 0.2) is 5.03 Å². The van der Waals surface area contributed by atoms with E-state index in [4.69, 9.17) is 0 Å². The van der Waals surface area contributed by atoms with Crippen LogP contribution >= 0.6 is 0 Å². The summed E-state index contributed by atoms with van der Waals surface area (Å²) in [5.74, 6) is -0.199. The maximum absolute atomic E-state index is 13.1. The van der Waals surface area contributed by atoms with Crippen molar-refractivity contribution in [3.05, 3.63) is 77.8 Å². The molecular weight excluding hydrogens is 472 g/mol. The summed E-state index contributed by atoms with van der Waals surface area (Å²) < 4.78 is 31.4. The van der Waals surface area contributed by atoms with E-state index in [9.17, 15) is 13.2 Å². The van der Waals surface area contributed by atoms with Crippen molar-refractivity contribution in [2.45, 2.75) is 49.6 Å². The summed E-state index contributed by atoms with van der Waals surface area (Å²) in [5.41, 5.74) is 6.22. The second kappa shape index (κ2) is 8.78. The molecule has 1 aliphatic carbocycles. The van der Waals surface area contributed by atoms with Gasteiger partial charge >= 0.3 is 0 Å². The molecule has 4 aromatic rings. The van der Waals surface area contributed by atoms with Crippen LogP contribution in [0.3, 0.4) is 0 Å². The fourth-order valence-electron chi connectivity index (χ4n) is 5.71. The summed E-state index contributed by atoms with van der Waals surface area (Å²) in [5, 5.41) is 0.962. The number of carbonyl (C=O) groups is 1. The molecule has 0 saturated heterocycles. The predicted octanol–water partition coefficient (Wildman–Crippen LogP) is 5.24. The molecule has 0 unspecified atom stereocenters. The Bertz CT molecular complexity index is 1620. The van der Waals surface area contributed by atoms with Crippen molar-refractivity contribution >= 4 is 32.9 Å². The van der Waals surface area contributed by atoms with E-state index in [-0.39, 0.29) is 5.03 Å². The minimum atomic E-state index is -4.06. The number of fused-ring (bicyclic) bond motifs is 5. The van der Waals surface area contributed by atoms with Crippen molar-refractivity contribution in [2.75, 3.05) is 0 Å². The van der Waals surface area contributed by atoms with Crippen LogP contribution in [0.25, 0.3) is 28.2 Å². The number of hydrogen-bond acceptors (Lipinski definition) is 4. The quantitative estimate of drug-likeness (QED) is 0.416. The third kappa shape index (κ3) is 3.86. The third-order valence-corrected chi connectivity index (χ3v) is 8.58. The smallest absolute Gasteiger partial charge is 0.283 e. The molecule has 3 heterocycles. The average Bonchev–Trinajstić information content (AvgIpc) is 3.40. The van der Waals surface area contributed by atoms with Gasteiger partial charge < -0.3 is 9.13 Å². The van der Waals surface area contributed by atoms with E-state index < -0.39 is 15.9 Å². The first-order valence-corrected chi connectivity index (χ1v) is 13.9. The number of aromatic nitrogens is 3. The van der Waals surface area contributed by atoms with Gasteiger partial charge in [-0.1, -0.05) is 61.7 Å². The van der Waals surface area contributed by atoms with E-state index >= 15 is 0 Å². The third-order valence-electron chi connectivity index (χ3n) is 7.36. The molecule has 0 spiro atoms. The fourth-order valence-corrected chi connectivity index (χ4v) is 6.66. The van der Waals surface area contributed by atoms with Crippen molar-refractivity contribution in [1.29, 1.82) is 0 Å². The molecule has 8 heteroatoms. The standard InChI is InChI=1S/C28H28N4O3S/c1-31-17-25(29-18-31)36(34,35)30-28(33)21-13-14-23-24(16-21)32-15-7-11-19-8-5-6-12-22(19)27(32)26(23)20-9-3-2-4-10-20/h5-8,11-14,16-18,20H,2-4,9-10,15H2,1H3,(H,30,33). The van der Waals surface area contributed by atoms with Crippen LogP contribution in [0.2, 0.25) is 0 Å². The van der Waals surface area contributed by atoms with Gasteiger partial charge in [0, 0.05) is 41.8 Å². The van der Waals surface area contributed by atoms with Crippen LogP contribution in [0.15, 0.2) is 66.1 Å². The summed E-state index contributed by atoms with van der Waals surface area (Å²) in [6.07, 6.45) is 13.1. The number of amides is 1.